The van der Waals surface area contributed by atoms with E-state index in [-0.39, 0.29) is 17.9 Å². The van der Waals surface area contributed by atoms with E-state index in [4.69, 9.17) is 0 Å². The Balaban J connectivity index is 1.34. The van der Waals surface area contributed by atoms with Crippen LogP contribution >= 0.6 is 0 Å². The Bertz CT molecular complexity index is 753. The van der Waals surface area contributed by atoms with Crippen LogP contribution in [0.25, 0.3) is 0 Å². The Morgan fingerprint density at radius 2 is 2.04 bits per heavy atom. The van der Waals surface area contributed by atoms with E-state index in [9.17, 15) is 9.59 Å². The lowest BCUT2D eigenvalue weighted by atomic mass is 10.1. The fourth-order valence-electron chi connectivity index (χ4n) is 3.10. The van der Waals surface area contributed by atoms with Gasteiger partial charge in [0.1, 0.15) is 5.69 Å². The third kappa shape index (κ3) is 2.75. The van der Waals surface area contributed by atoms with E-state index < -0.39 is 0 Å². The highest BCUT2D eigenvalue weighted by atomic mass is 16.2. The van der Waals surface area contributed by atoms with Gasteiger partial charge < -0.3 is 9.80 Å². The molecule has 0 saturated carbocycles. The first kappa shape index (κ1) is 14.8. The van der Waals surface area contributed by atoms with Gasteiger partial charge >= 0.3 is 0 Å². The van der Waals surface area contributed by atoms with Gasteiger partial charge in [0.25, 0.3) is 5.91 Å². The van der Waals surface area contributed by atoms with Gasteiger partial charge in [0.15, 0.2) is 0 Å². The Kier molecular flexibility index (Phi) is 3.72. The largest absolute Gasteiger partial charge is 0.337 e. The van der Waals surface area contributed by atoms with Gasteiger partial charge in [-0.15, -0.1) is 5.10 Å². The summed E-state index contributed by atoms with van der Waals surface area (Å²) in [7, 11) is 0. The van der Waals surface area contributed by atoms with E-state index >= 15 is 0 Å². The summed E-state index contributed by atoms with van der Waals surface area (Å²) in [5.41, 5.74) is 1.44. The van der Waals surface area contributed by atoms with E-state index in [1.165, 1.54) is 0 Å². The number of pyridine rings is 1. The van der Waals surface area contributed by atoms with Crippen LogP contribution in [0.1, 0.15) is 34.9 Å². The van der Waals surface area contributed by atoms with Crippen molar-refractivity contribution in [2.24, 2.45) is 0 Å². The zero-order valence-electron chi connectivity index (χ0n) is 13.2. The van der Waals surface area contributed by atoms with Crippen molar-refractivity contribution in [1.82, 2.24) is 29.8 Å². The smallest absolute Gasteiger partial charge is 0.254 e. The van der Waals surface area contributed by atoms with Gasteiger partial charge in [-0.05, 0) is 18.6 Å². The molecule has 2 aromatic heterocycles. The van der Waals surface area contributed by atoms with Crippen molar-refractivity contribution in [2.45, 2.75) is 25.4 Å². The van der Waals surface area contributed by atoms with Gasteiger partial charge in [-0.3, -0.25) is 14.6 Å². The highest BCUT2D eigenvalue weighted by molar-refractivity contribution is 5.94. The number of aromatic nitrogens is 4. The second-order valence-corrected chi connectivity index (χ2v) is 6.21. The molecule has 2 aliphatic heterocycles. The summed E-state index contributed by atoms with van der Waals surface area (Å²) in [6.45, 7) is 2.55. The molecule has 0 aliphatic carbocycles. The summed E-state index contributed by atoms with van der Waals surface area (Å²) in [6, 6.07) is 3.58. The molecule has 0 radical (unpaired) electrons. The van der Waals surface area contributed by atoms with Crippen LogP contribution in [0.3, 0.4) is 0 Å². The summed E-state index contributed by atoms with van der Waals surface area (Å²) < 4.78 is 1.80. The second kappa shape index (κ2) is 6.03. The summed E-state index contributed by atoms with van der Waals surface area (Å²) in [5, 5.41) is 8.31. The average Bonchev–Trinajstić information content (AvgIpc) is 3.17. The van der Waals surface area contributed by atoms with Gasteiger partial charge in [-0.2, -0.15) is 0 Å². The van der Waals surface area contributed by atoms with Crippen molar-refractivity contribution in [3.05, 3.63) is 42.0 Å². The van der Waals surface area contributed by atoms with E-state index in [1.807, 2.05) is 11.1 Å². The SMILES string of the molecule is O=C1CCCN1Cc1cn(C2CN(C(=O)c3ccncc3)C2)nn1. The Labute approximate surface area is 139 Å². The summed E-state index contributed by atoms with van der Waals surface area (Å²) in [4.78, 5) is 31.5. The molecule has 24 heavy (non-hydrogen) atoms. The van der Waals surface area contributed by atoms with Crippen LogP contribution < -0.4 is 0 Å². The summed E-state index contributed by atoms with van der Waals surface area (Å²) in [5.74, 6) is 0.193. The second-order valence-electron chi connectivity index (χ2n) is 6.21. The topological polar surface area (TPSA) is 84.2 Å². The van der Waals surface area contributed by atoms with Crippen LogP contribution in [-0.4, -0.2) is 61.2 Å². The molecule has 2 fully saturated rings. The third-order valence-corrected chi connectivity index (χ3v) is 4.53. The molecule has 0 N–H and O–H groups in total. The fourth-order valence-corrected chi connectivity index (χ4v) is 3.10. The predicted octanol–water partition coefficient (Wildman–Crippen LogP) is 0.493. The zero-order chi connectivity index (χ0) is 16.5. The molecule has 2 saturated heterocycles. The molecule has 4 heterocycles. The standard InChI is InChI=1S/C16H18N6O2/c23-15-2-1-7-20(15)8-13-9-22(19-18-13)14-10-21(11-14)16(24)12-3-5-17-6-4-12/h3-6,9,14H,1-2,7-8,10-11H2. The predicted molar refractivity (Wildman–Crippen MR) is 83.9 cm³/mol. The minimum Gasteiger partial charge on any atom is -0.337 e. The minimum absolute atomic E-state index is 0.0108. The average molecular weight is 326 g/mol. The number of hydrogen-bond donors (Lipinski definition) is 0. The van der Waals surface area contributed by atoms with Crippen molar-refractivity contribution >= 4 is 11.8 Å². The third-order valence-electron chi connectivity index (χ3n) is 4.53. The maximum absolute atomic E-state index is 12.3. The molecule has 4 rings (SSSR count). The van der Waals surface area contributed by atoms with Crippen molar-refractivity contribution < 1.29 is 9.59 Å². The van der Waals surface area contributed by atoms with E-state index in [0.717, 1.165) is 18.7 Å². The lowest BCUT2D eigenvalue weighted by Gasteiger charge is -2.38. The molecule has 0 bridgehead atoms. The number of carbonyl (C=O) groups excluding carboxylic acids is 2. The molecule has 0 aromatic carbocycles. The van der Waals surface area contributed by atoms with Crippen molar-refractivity contribution in [2.75, 3.05) is 19.6 Å². The van der Waals surface area contributed by atoms with Crippen LogP contribution in [0.5, 0.6) is 0 Å². The number of likely N-dealkylation sites (tertiary alicyclic amines) is 2. The van der Waals surface area contributed by atoms with Crippen LogP contribution in [0.15, 0.2) is 30.7 Å². The fraction of sp³-hybridized carbons (Fsp3) is 0.438. The lowest BCUT2D eigenvalue weighted by molar-refractivity contribution is -0.128. The van der Waals surface area contributed by atoms with Crippen molar-refractivity contribution in [1.29, 1.82) is 0 Å². The zero-order valence-corrected chi connectivity index (χ0v) is 13.2. The number of amides is 2. The number of carbonyl (C=O) groups is 2. The maximum atomic E-state index is 12.3. The van der Waals surface area contributed by atoms with Gasteiger partial charge in [-0.25, -0.2) is 4.68 Å². The number of hydrogen-bond acceptors (Lipinski definition) is 5. The monoisotopic (exact) mass is 326 g/mol. The molecule has 0 unspecified atom stereocenters. The Hall–Kier alpha value is -2.77. The van der Waals surface area contributed by atoms with Crippen LogP contribution in [0.4, 0.5) is 0 Å². The van der Waals surface area contributed by atoms with Gasteiger partial charge in [0, 0.05) is 44.0 Å². The van der Waals surface area contributed by atoms with Crippen LogP contribution in [-0.2, 0) is 11.3 Å². The van der Waals surface area contributed by atoms with E-state index in [1.54, 1.807) is 34.1 Å². The molecule has 2 aliphatic rings. The molecule has 8 heteroatoms. The normalized spacial score (nSPS) is 18.1. The van der Waals surface area contributed by atoms with Gasteiger partial charge in [-0.1, -0.05) is 5.21 Å². The first-order valence-electron chi connectivity index (χ1n) is 8.08. The first-order chi connectivity index (χ1) is 11.7. The molecule has 8 nitrogen and oxygen atoms in total. The Morgan fingerprint density at radius 3 is 2.75 bits per heavy atom. The molecule has 2 amide bonds. The maximum Gasteiger partial charge on any atom is 0.254 e. The summed E-state index contributed by atoms with van der Waals surface area (Å²) >= 11 is 0. The van der Waals surface area contributed by atoms with Crippen molar-refractivity contribution in [3.63, 3.8) is 0 Å². The molecule has 0 atom stereocenters. The quantitative estimate of drug-likeness (QED) is 0.816. The molecule has 124 valence electrons. The highest BCUT2D eigenvalue weighted by Crippen LogP contribution is 2.23. The minimum atomic E-state index is 0.0108. The lowest BCUT2D eigenvalue weighted by Crippen LogP contribution is -2.50. The molecule has 0 spiro atoms. The van der Waals surface area contributed by atoms with Crippen molar-refractivity contribution in [3.8, 4) is 0 Å². The van der Waals surface area contributed by atoms with Gasteiger partial charge in [0.05, 0.1) is 18.8 Å². The first-order valence-corrected chi connectivity index (χ1v) is 8.08. The molecule has 2 aromatic rings. The Morgan fingerprint density at radius 1 is 1.25 bits per heavy atom. The molecular formula is C16H18N6O2. The van der Waals surface area contributed by atoms with E-state index in [0.29, 0.717) is 31.6 Å². The molecular weight excluding hydrogens is 308 g/mol. The highest BCUT2D eigenvalue weighted by Gasteiger charge is 2.33. The van der Waals surface area contributed by atoms with Crippen LogP contribution in [0, 0.1) is 0 Å². The number of nitrogens with zero attached hydrogens (tertiary/aromatic N) is 6. The number of rotatable bonds is 4. The van der Waals surface area contributed by atoms with Gasteiger partial charge in [0.2, 0.25) is 5.91 Å². The van der Waals surface area contributed by atoms with E-state index in [2.05, 4.69) is 15.3 Å². The summed E-state index contributed by atoms with van der Waals surface area (Å²) in [6.07, 6.45) is 6.66. The van der Waals surface area contributed by atoms with Crippen LogP contribution in [0.2, 0.25) is 0 Å².